The van der Waals surface area contributed by atoms with Crippen molar-refractivity contribution in [2.24, 2.45) is 5.16 Å². The molecular weight excluding hydrogens is 283 g/mol. The number of hydrogen-bond donors (Lipinski definition) is 1. The van der Waals surface area contributed by atoms with Crippen LogP contribution in [0.3, 0.4) is 0 Å². The molecule has 0 atom stereocenters. The van der Waals surface area contributed by atoms with Crippen LogP contribution in [-0.2, 0) is 0 Å². The quantitative estimate of drug-likeness (QED) is 0.480. The second-order valence-corrected chi connectivity index (χ2v) is 4.60. The summed E-state index contributed by atoms with van der Waals surface area (Å²) in [6.45, 7) is 0. The molecule has 1 aromatic carbocycles. The minimum absolute atomic E-state index is 0.263. The molecule has 0 amide bonds. The molecular formula is C14H8Cl2N2O. The highest BCUT2D eigenvalue weighted by atomic mass is 35.5. The van der Waals surface area contributed by atoms with Crippen LogP contribution in [0.2, 0.25) is 5.02 Å². The van der Waals surface area contributed by atoms with Crippen LogP contribution in [0.5, 0.6) is 0 Å². The number of benzene rings is 1. The van der Waals surface area contributed by atoms with Gasteiger partial charge in [-0.2, -0.15) is 5.26 Å². The molecule has 19 heavy (non-hydrogen) atoms. The number of nitrogens with zero attached hydrogens (tertiary/aromatic N) is 2. The summed E-state index contributed by atoms with van der Waals surface area (Å²) >= 11 is 11.8. The van der Waals surface area contributed by atoms with Gasteiger partial charge in [-0.05, 0) is 35.4 Å². The predicted octanol–water partition coefficient (Wildman–Crippen LogP) is 4.14. The zero-order valence-corrected chi connectivity index (χ0v) is 11.2. The first-order valence-corrected chi connectivity index (χ1v) is 6.09. The Morgan fingerprint density at radius 3 is 2.37 bits per heavy atom. The van der Waals surface area contributed by atoms with Crippen LogP contribution in [0.4, 0.5) is 0 Å². The lowest BCUT2D eigenvalue weighted by Gasteiger charge is -2.08. The molecule has 1 aliphatic carbocycles. The third kappa shape index (κ3) is 2.87. The number of oxime groups is 1. The monoisotopic (exact) mass is 290 g/mol. The van der Waals surface area contributed by atoms with Gasteiger partial charge >= 0.3 is 0 Å². The number of allylic oxidation sites excluding steroid dienone is 6. The van der Waals surface area contributed by atoms with Crippen LogP contribution in [0, 0.1) is 11.3 Å². The second kappa shape index (κ2) is 5.75. The topological polar surface area (TPSA) is 56.4 Å². The van der Waals surface area contributed by atoms with E-state index in [4.69, 9.17) is 28.4 Å². The number of halogens is 2. The van der Waals surface area contributed by atoms with Crippen molar-refractivity contribution in [1.29, 1.82) is 5.26 Å². The van der Waals surface area contributed by atoms with Crippen LogP contribution >= 0.6 is 23.2 Å². The van der Waals surface area contributed by atoms with Crippen molar-refractivity contribution in [1.82, 2.24) is 0 Å². The van der Waals surface area contributed by atoms with E-state index in [0.717, 1.165) is 5.56 Å². The highest BCUT2D eigenvalue weighted by molar-refractivity contribution is 6.46. The lowest BCUT2D eigenvalue weighted by Crippen LogP contribution is -2.00. The van der Waals surface area contributed by atoms with E-state index in [1.54, 1.807) is 42.5 Å². The lowest BCUT2D eigenvalue weighted by molar-refractivity contribution is 0.320. The molecule has 0 radical (unpaired) electrons. The fourth-order valence-corrected chi connectivity index (χ4v) is 2.00. The molecule has 0 bridgehead atoms. The van der Waals surface area contributed by atoms with E-state index in [1.165, 1.54) is 0 Å². The molecule has 0 aromatic heterocycles. The van der Waals surface area contributed by atoms with E-state index in [9.17, 15) is 5.26 Å². The van der Waals surface area contributed by atoms with Gasteiger partial charge in [-0.25, -0.2) is 0 Å². The van der Waals surface area contributed by atoms with Gasteiger partial charge in [0.25, 0.3) is 0 Å². The number of hydrogen-bond acceptors (Lipinski definition) is 3. The Kier molecular flexibility index (Phi) is 4.06. The highest BCUT2D eigenvalue weighted by Gasteiger charge is 2.12. The third-order valence-corrected chi connectivity index (χ3v) is 3.14. The highest BCUT2D eigenvalue weighted by Crippen LogP contribution is 2.26. The summed E-state index contributed by atoms with van der Waals surface area (Å²) in [5.41, 5.74) is 2.14. The van der Waals surface area contributed by atoms with Gasteiger partial charge in [-0.3, -0.25) is 0 Å². The summed E-state index contributed by atoms with van der Waals surface area (Å²) in [4.78, 5) is 0. The lowest BCUT2D eigenvalue weighted by atomic mass is 9.97. The van der Waals surface area contributed by atoms with Crippen molar-refractivity contribution in [2.75, 3.05) is 0 Å². The Hall–Kier alpha value is -2.02. The average Bonchev–Trinajstić information content (AvgIpc) is 2.42. The Morgan fingerprint density at radius 2 is 1.84 bits per heavy atom. The summed E-state index contributed by atoms with van der Waals surface area (Å²) in [5, 5.41) is 21.9. The Morgan fingerprint density at radius 1 is 1.16 bits per heavy atom. The van der Waals surface area contributed by atoms with Crippen molar-refractivity contribution in [2.45, 2.75) is 0 Å². The van der Waals surface area contributed by atoms with E-state index in [2.05, 4.69) is 11.2 Å². The van der Waals surface area contributed by atoms with Crippen LogP contribution < -0.4 is 0 Å². The maximum Gasteiger partial charge on any atom is 0.121 e. The smallest absolute Gasteiger partial charge is 0.121 e. The van der Waals surface area contributed by atoms with Crippen molar-refractivity contribution < 1.29 is 5.21 Å². The first-order valence-electron chi connectivity index (χ1n) is 5.33. The molecule has 0 fully saturated rings. The first-order chi connectivity index (χ1) is 9.15. The molecule has 94 valence electrons. The molecule has 0 aliphatic heterocycles. The van der Waals surface area contributed by atoms with E-state index in [-0.39, 0.29) is 10.7 Å². The number of rotatable bonds is 1. The van der Waals surface area contributed by atoms with Crippen LogP contribution in [0.25, 0.3) is 5.57 Å². The van der Waals surface area contributed by atoms with Gasteiger partial charge in [0, 0.05) is 5.02 Å². The average molecular weight is 291 g/mol. The van der Waals surface area contributed by atoms with Gasteiger partial charge in [-0.15, -0.1) is 0 Å². The summed E-state index contributed by atoms with van der Waals surface area (Å²) in [5.74, 6) is 0. The fourth-order valence-electron chi connectivity index (χ4n) is 1.66. The zero-order chi connectivity index (χ0) is 13.8. The van der Waals surface area contributed by atoms with Crippen molar-refractivity contribution in [3.05, 3.63) is 63.7 Å². The number of nitriles is 1. The van der Waals surface area contributed by atoms with E-state index < -0.39 is 0 Å². The third-order valence-electron chi connectivity index (χ3n) is 2.59. The molecule has 1 N–H and O–H groups in total. The maximum absolute atomic E-state index is 9.28. The van der Waals surface area contributed by atoms with E-state index >= 15 is 0 Å². The molecule has 0 saturated carbocycles. The summed E-state index contributed by atoms with van der Waals surface area (Å²) in [6, 6.07) is 9.10. The molecule has 0 unspecified atom stereocenters. The van der Waals surface area contributed by atoms with Crippen molar-refractivity contribution in [3.63, 3.8) is 0 Å². The zero-order valence-electron chi connectivity index (χ0n) is 9.64. The van der Waals surface area contributed by atoms with Crippen molar-refractivity contribution in [3.8, 4) is 6.07 Å². The molecule has 0 spiro atoms. The summed E-state index contributed by atoms with van der Waals surface area (Å²) in [7, 11) is 0. The van der Waals surface area contributed by atoms with Gasteiger partial charge < -0.3 is 5.21 Å². The Labute approximate surface area is 120 Å². The maximum atomic E-state index is 9.28. The van der Waals surface area contributed by atoms with Crippen LogP contribution in [0.15, 0.2) is 58.3 Å². The summed E-state index contributed by atoms with van der Waals surface area (Å²) < 4.78 is 0. The van der Waals surface area contributed by atoms with Gasteiger partial charge in [0.15, 0.2) is 0 Å². The normalized spacial score (nSPS) is 19.0. The van der Waals surface area contributed by atoms with Crippen LogP contribution in [0.1, 0.15) is 5.56 Å². The fraction of sp³-hybridized carbons (Fsp3) is 0. The van der Waals surface area contributed by atoms with E-state index in [1.807, 2.05) is 0 Å². The molecule has 1 aliphatic rings. The SMILES string of the molecule is N#C/C(=C1C=C/C(=N\O)C(Cl)=C\1)c1ccc(Cl)cc1. The molecule has 1 aromatic rings. The van der Waals surface area contributed by atoms with Crippen molar-refractivity contribution >= 4 is 34.5 Å². The largest absolute Gasteiger partial charge is 0.410 e. The second-order valence-electron chi connectivity index (χ2n) is 3.76. The molecule has 5 heteroatoms. The standard InChI is InChI=1S/C14H8Cl2N2O/c15-11-4-1-9(2-5-11)12(8-17)10-3-6-14(18-19)13(16)7-10/h1-7,19H/b12-10-,18-14+. The minimum Gasteiger partial charge on any atom is -0.410 e. The van der Waals surface area contributed by atoms with Crippen LogP contribution in [-0.4, -0.2) is 10.9 Å². The van der Waals surface area contributed by atoms with Gasteiger partial charge in [0.05, 0.1) is 10.6 Å². The summed E-state index contributed by atoms with van der Waals surface area (Å²) in [6.07, 6.45) is 4.81. The predicted molar refractivity (Wildman–Crippen MR) is 76.3 cm³/mol. The van der Waals surface area contributed by atoms with E-state index in [0.29, 0.717) is 16.2 Å². The Bertz CT molecular complexity index is 662. The van der Waals surface area contributed by atoms with Gasteiger partial charge in [-0.1, -0.05) is 46.6 Å². The molecule has 0 heterocycles. The first kappa shape index (κ1) is 13.4. The minimum atomic E-state index is 0.263. The molecule has 2 rings (SSSR count). The van der Waals surface area contributed by atoms with Gasteiger partial charge in [0.2, 0.25) is 0 Å². The molecule has 0 saturated heterocycles. The molecule has 3 nitrogen and oxygen atoms in total. The van der Waals surface area contributed by atoms with Gasteiger partial charge in [0.1, 0.15) is 11.8 Å². The Balaban J connectivity index is 2.51.